The SMILES string of the molecule is O=S(=O)(c1ccccc1O)N1CCC2(O)CCCCC2C1. The second kappa shape index (κ2) is 5.26. The van der Waals surface area contributed by atoms with Crippen LogP contribution in [0.25, 0.3) is 0 Å². The van der Waals surface area contributed by atoms with E-state index in [1.165, 1.54) is 16.4 Å². The predicted octanol–water partition coefficient (Wildman–Crippen LogP) is 1.71. The van der Waals surface area contributed by atoms with Crippen molar-refractivity contribution >= 4 is 10.0 Å². The lowest BCUT2D eigenvalue weighted by Gasteiger charge is -2.46. The lowest BCUT2D eigenvalue weighted by atomic mass is 9.72. The Balaban J connectivity index is 1.86. The largest absolute Gasteiger partial charge is 0.507 e. The summed E-state index contributed by atoms with van der Waals surface area (Å²) in [7, 11) is -3.70. The van der Waals surface area contributed by atoms with Crippen LogP contribution in [0.5, 0.6) is 5.75 Å². The van der Waals surface area contributed by atoms with E-state index >= 15 is 0 Å². The number of aliphatic hydroxyl groups is 1. The standard InChI is InChI=1S/C15H21NO4S/c17-13-6-1-2-7-14(13)21(19,20)16-10-9-15(18)8-4-3-5-12(15)11-16/h1-2,6-7,12,17-18H,3-5,8-11H2. The Kier molecular flexibility index (Phi) is 3.71. The summed E-state index contributed by atoms with van der Waals surface area (Å²) in [6.45, 7) is 0.650. The van der Waals surface area contributed by atoms with E-state index in [1.807, 2.05) is 0 Å². The Morgan fingerprint density at radius 1 is 1.19 bits per heavy atom. The first-order valence-electron chi connectivity index (χ1n) is 7.44. The second-order valence-corrected chi connectivity index (χ2v) is 8.03. The summed E-state index contributed by atoms with van der Waals surface area (Å²) in [5, 5.41) is 20.4. The van der Waals surface area contributed by atoms with Gasteiger partial charge in [0.25, 0.3) is 0 Å². The van der Waals surface area contributed by atoms with Crippen molar-refractivity contribution in [1.29, 1.82) is 0 Å². The molecule has 2 unspecified atom stereocenters. The average molecular weight is 311 g/mol. The van der Waals surface area contributed by atoms with Crippen LogP contribution in [-0.4, -0.2) is 41.6 Å². The molecule has 2 aliphatic rings. The zero-order chi connectivity index (χ0) is 15.1. The summed E-state index contributed by atoms with van der Waals surface area (Å²) >= 11 is 0. The zero-order valence-corrected chi connectivity index (χ0v) is 12.7. The molecule has 1 aliphatic heterocycles. The molecule has 2 atom stereocenters. The number of sulfonamides is 1. The Morgan fingerprint density at radius 2 is 1.95 bits per heavy atom. The van der Waals surface area contributed by atoms with Crippen molar-refractivity contribution in [3.8, 4) is 5.75 Å². The van der Waals surface area contributed by atoms with Gasteiger partial charge in [0, 0.05) is 19.0 Å². The Morgan fingerprint density at radius 3 is 2.71 bits per heavy atom. The third kappa shape index (κ3) is 2.56. The molecule has 21 heavy (non-hydrogen) atoms. The molecule has 1 heterocycles. The molecule has 2 N–H and O–H groups in total. The highest BCUT2D eigenvalue weighted by atomic mass is 32.2. The van der Waals surface area contributed by atoms with Crippen LogP contribution in [0.4, 0.5) is 0 Å². The number of aromatic hydroxyl groups is 1. The molecule has 5 nitrogen and oxygen atoms in total. The highest BCUT2D eigenvalue weighted by molar-refractivity contribution is 7.89. The molecule has 2 fully saturated rings. The van der Waals surface area contributed by atoms with Gasteiger partial charge in [-0.15, -0.1) is 0 Å². The average Bonchev–Trinajstić information content (AvgIpc) is 2.46. The molecule has 0 spiro atoms. The number of rotatable bonds is 2. The summed E-state index contributed by atoms with van der Waals surface area (Å²) in [6, 6.07) is 6.01. The molecule has 0 amide bonds. The van der Waals surface area contributed by atoms with Crippen LogP contribution in [0.3, 0.4) is 0 Å². The molecule has 0 bridgehead atoms. The summed E-state index contributed by atoms with van der Waals surface area (Å²) in [6.07, 6.45) is 4.16. The van der Waals surface area contributed by atoms with Crippen LogP contribution in [-0.2, 0) is 10.0 Å². The number of phenols is 1. The topological polar surface area (TPSA) is 77.8 Å². The lowest BCUT2D eigenvalue weighted by Crippen LogP contribution is -2.54. The molecule has 116 valence electrons. The first-order chi connectivity index (χ1) is 9.93. The van der Waals surface area contributed by atoms with Crippen LogP contribution in [0.2, 0.25) is 0 Å². The van der Waals surface area contributed by atoms with E-state index in [4.69, 9.17) is 0 Å². The lowest BCUT2D eigenvalue weighted by molar-refractivity contribution is -0.0816. The highest BCUT2D eigenvalue weighted by Gasteiger charge is 2.45. The first-order valence-corrected chi connectivity index (χ1v) is 8.88. The van der Waals surface area contributed by atoms with E-state index in [9.17, 15) is 18.6 Å². The number of fused-ring (bicyclic) bond motifs is 1. The van der Waals surface area contributed by atoms with E-state index in [-0.39, 0.29) is 16.6 Å². The molecule has 1 aromatic carbocycles. The van der Waals surface area contributed by atoms with E-state index < -0.39 is 15.6 Å². The molecule has 0 radical (unpaired) electrons. The number of para-hydroxylation sites is 1. The van der Waals surface area contributed by atoms with E-state index in [1.54, 1.807) is 12.1 Å². The molecule has 6 heteroatoms. The second-order valence-electron chi connectivity index (χ2n) is 6.13. The molecule has 1 aromatic rings. The quantitative estimate of drug-likeness (QED) is 0.871. The number of hydrogen-bond acceptors (Lipinski definition) is 4. The molecule has 1 saturated heterocycles. The van der Waals surface area contributed by atoms with Crippen molar-refractivity contribution < 1.29 is 18.6 Å². The number of nitrogens with zero attached hydrogens (tertiary/aromatic N) is 1. The predicted molar refractivity (Wildman–Crippen MR) is 78.4 cm³/mol. The van der Waals surface area contributed by atoms with Gasteiger partial charge < -0.3 is 10.2 Å². The van der Waals surface area contributed by atoms with Crippen molar-refractivity contribution in [3.63, 3.8) is 0 Å². The van der Waals surface area contributed by atoms with Gasteiger partial charge in [-0.2, -0.15) is 4.31 Å². The molecule has 0 aromatic heterocycles. The molecule has 1 aliphatic carbocycles. The van der Waals surface area contributed by atoms with Gasteiger partial charge in [-0.05, 0) is 31.4 Å². The Labute approximate surface area is 125 Å². The van der Waals surface area contributed by atoms with Gasteiger partial charge in [-0.1, -0.05) is 25.0 Å². The van der Waals surface area contributed by atoms with Gasteiger partial charge in [-0.3, -0.25) is 0 Å². The Bertz CT molecular complexity index is 630. The van der Waals surface area contributed by atoms with Gasteiger partial charge in [0.2, 0.25) is 10.0 Å². The van der Waals surface area contributed by atoms with Gasteiger partial charge in [0.05, 0.1) is 5.60 Å². The number of hydrogen-bond donors (Lipinski definition) is 2. The van der Waals surface area contributed by atoms with Crippen molar-refractivity contribution in [2.45, 2.75) is 42.6 Å². The van der Waals surface area contributed by atoms with Crippen LogP contribution in [0, 0.1) is 5.92 Å². The fraction of sp³-hybridized carbons (Fsp3) is 0.600. The van der Waals surface area contributed by atoms with Crippen LogP contribution in [0.1, 0.15) is 32.1 Å². The first kappa shape index (κ1) is 14.8. The highest BCUT2D eigenvalue weighted by Crippen LogP contribution is 2.41. The minimum atomic E-state index is -3.70. The van der Waals surface area contributed by atoms with Gasteiger partial charge in [-0.25, -0.2) is 8.42 Å². The maximum absolute atomic E-state index is 12.7. The fourth-order valence-corrected chi connectivity index (χ4v) is 5.14. The van der Waals surface area contributed by atoms with Crippen molar-refractivity contribution in [2.24, 2.45) is 5.92 Å². The van der Waals surface area contributed by atoms with Crippen LogP contribution < -0.4 is 0 Å². The summed E-state index contributed by atoms with van der Waals surface area (Å²) in [5.74, 6) is -0.220. The number of phenolic OH excluding ortho intramolecular Hbond substituents is 1. The summed E-state index contributed by atoms with van der Waals surface area (Å²) in [4.78, 5) is -0.0498. The van der Waals surface area contributed by atoms with Crippen molar-refractivity contribution in [2.75, 3.05) is 13.1 Å². The third-order valence-electron chi connectivity index (χ3n) is 4.87. The number of piperidine rings is 1. The molecule has 1 saturated carbocycles. The van der Waals surface area contributed by atoms with Crippen LogP contribution >= 0.6 is 0 Å². The minimum absolute atomic E-state index is 0.000583. The Hall–Kier alpha value is -1.11. The maximum Gasteiger partial charge on any atom is 0.246 e. The van der Waals surface area contributed by atoms with Crippen LogP contribution in [0.15, 0.2) is 29.2 Å². The minimum Gasteiger partial charge on any atom is -0.507 e. The normalized spacial score (nSPS) is 30.8. The van der Waals surface area contributed by atoms with Gasteiger partial charge >= 0.3 is 0 Å². The van der Waals surface area contributed by atoms with Gasteiger partial charge in [0.15, 0.2) is 0 Å². The van der Waals surface area contributed by atoms with E-state index in [0.29, 0.717) is 19.5 Å². The maximum atomic E-state index is 12.7. The zero-order valence-electron chi connectivity index (χ0n) is 11.9. The summed E-state index contributed by atoms with van der Waals surface area (Å²) in [5.41, 5.74) is -0.705. The number of benzene rings is 1. The summed E-state index contributed by atoms with van der Waals surface area (Å²) < 4.78 is 26.8. The third-order valence-corrected chi connectivity index (χ3v) is 6.79. The van der Waals surface area contributed by atoms with Crippen molar-refractivity contribution in [1.82, 2.24) is 4.31 Å². The smallest absolute Gasteiger partial charge is 0.246 e. The van der Waals surface area contributed by atoms with E-state index in [0.717, 1.165) is 25.7 Å². The van der Waals surface area contributed by atoms with E-state index in [2.05, 4.69) is 0 Å². The monoisotopic (exact) mass is 311 g/mol. The fourth-order valence-electron chi connectivity index (χ4n) is 3.57. The van der Waals surface area contributed by atoms with Crippen molar-refractivity contribution in [3.05, 3.63) is 24.3 Å². The molecule has 3 rings (SSSR count). The van der Waals surface area contributed by atoms with Gasteiger partial charge in [0.1, 0.15) is 10.6 Å². The molecular formula is C15H21NO4S. The molecular weight excluding hydrogens is 290 g/mol.